The molecule has 1 aromatic carbocycles. The molecule has 0 radical (unpaired) electrons. The van der Waals surface area contributed by atoms with Gasteiger partial charge < -0.3 is 5.32 Å². The summed E-state index contributed by atoms with van der Waals surface area (Å²) in [6.07, 6.45) is 7.86. The molecule has 0 bridgehead atoms. The lowest BCUT2D eigenvalue weighted by Gasteiger charge is -2.20. The molecule has 4 aromatic heterocycles. The molecule has 0 spiro atoms. The Morgan fingerprint density at radius 3 is 2.12 bits per heavy atom. The topological polar surface area (TPSA) is 107 Å². The number of nitrogens with zero attached hydrogens (tertiary/aromatic N) is 6. The Hall–Kier alpha value is -4.11. The number of anilines is 2. The first kappa shape index (κ1) is 23.1. The van der Waals surface area contributed by atoms with E-state index in [1.807, 2.05) is 18.2 Å². The van der Waals surface area contributed by atoms with E-state index < -0.39 is 0 Å². The zero-order chi connectivity index (χ0) is 24.3. The van der Waals surface area contributed by atoms with Gasteiger partial charge in [-0.1, -0.05) is 44.5 Å². The van der Waals surface area contributed by atoms with E-state index in [4.69, 9.17) is 11.6 Å². The summed E-state index contributed by atoms with van der Waals surface area (Å²) in [4.78, 5) is 29.8. The lowest BCUT2D eigenvalue weighted by Crippen LogP contribution is -2.11. The van der Waals surface area contributed by atoms with E-state index in [0.29, 0.717) is 39.7 Å². The molecule has 0 aliphatic heterocycles. The summed E-state index contributed by atoms with van der Waals surface area (Å²) < 4.78 is 3.08. The average Bonchev–Trinajstić information content (AvgIpc) is 3.42. The van der Waals surface area contributed by atoms with Crippen LogP contribution >= 0.6 is 11.6 Å². The highest BCUT2D eigenvalue weighted by Gasteiger charge is 2.14. The molecule has 0 aliphatic carbocycles. The van der Waals surface area contributed by atoms with E-state index in [1.54, 1.807) is 23.0 Å². The van der Waals surface area contributed by atoms with Crippen molar-refractivity contribution >= 4 is 47.0 Å². The Morgan fingerprint density at radius 2 is 1.50 bits per heavy atom. The molecule has 0 amide bonds. The number of rotatable bonds is 4. The number of halogens is 1. The Bertz CT molecular complexity index is 1480. The van der Waals surface area contributed by atoms with E-state index in [9.17, 15) is 9.59 Å². The van der Waals surface area contributed by atoms with Gasteiger partial charge in [-0.15, -0.1) is 0 Å². The molecule has 9 nitrogen and oxygen atoms in total. The molecule has 5 aromatic rings. The van der Waals surface area contributed by atoms with E-state index in [2.05, 4.69) is 58.4 Å². The van der Waals surface area contributed by atoms with Crippen molar-refractivity contribution in [3.8, 4) is 0 Å². The Morgan fingerprint density at radius 1 is 0.882 bits per heavy atom. The largest absolute Gasteiger partial charge is 0.340 e. The van der Waals surface area contributed by atoms with Gasteiger partial charge in [-0.2, -0.15) is 10.2 Å². The van der Waals surface area contributed by atoms with Gasteiger partial charge in [0, 0.05) is 18.1 Å². The number of hydrogen-bond acceptors (Lipinski definition) is 7. The van der Waals surface area contributed by atoms with Crippen LogP contribution < -0.4 is 5.32 Å². The van der Waals surface area contributed by atoms with Crippen molar-refractivity contribution in [3.63, 3.8) is 0 Å². The summed E-state index contributed by atoms with van der Waals surface area (Å²) in [6, 6.07) is 11.7. The number of nitrogens with one attached hydrogen (secondary N) is 1. The molecule has 4 heterocycles. The van der Waals surface area contributed by atoms with Crippen LogP contribution in [0.3, 0.4) is 0 Å². The number of aldehydes is 2. The highest BCUT2D eigenvalue weighted by molar-refractivity contribution is 6.29. The molecule has 0 saturated carbocycles. The predicted octanol–water partition coefficient (Wildman–Crippen LogP) is 4.78. The molecule has 5 rings (SSSR count). The molecule has 0 fully saturated rings. The third kappa shape index (κ3) is 4.94. The van der Waals surface area contributed by atoms with Gasteiger partial charge in [0.25, 0.3) is 0 Å². The van der Waals surface area contributed by atoms with Crippen LogP contribution in [0.2, 0.25) is 5.15 Å². The second kappa shape index (κ2) is 9.40. The minimum absolute atomic E-state index is 0.0885. The fourth-order valence-electron chi connectivity index (χ4n) is 3.20. The predicted molar refractivity (Wildman–Crippen MR) is 130 cm³/mol. The van der Waals surface area contributed by atoms with Gasteiger partial charge in [-0.25, -0.2) is 19.0 Å². The van der Waals surface area contributed by atoms with Crippen molar-refractivity contribution in [1.82, 2.24) is 29.2 Å². The summed E-state index contributed by atoms with van der Waals surface area (Å²) in [7, 11) is 0. The maximum Gasteiger partial charge on any atom is 0.167 e. The summed E-state index contributed by atoms with van der Waals surface area (Å²) in [5.74, 6) is 0.683. The van der Waals surface area contributed by atoms with E-state index >= 15 is 0 Å². The van der Waals surface area contributed by atoms with Crippen LogP contribution in [0, 0.1) is 0 Å². The highest BCUT2D eigenvalue weighted by Crippen LogP contribution is 2.26. The minimum Gasteiger partial charge on any atom is -0.340 e. The van der Waals surface area contributed by atoms with Crippen molar-refractivity contribution in [2.75, 3.05) is 5.32 Å². The summed E-state index contributed by atoms with van der Waals surface area (Å²) >= 11 is 5.64. The van der Waals surface area contributed by atoms with Crippen molar-refractivity contribution in [2.24, 2.45) is 0 Å². The average molecular weight is 476 g/mol. The van der Waals surface area contributed by atoms with Crippen LogP contribution in [0.4, 0.5) is 11.5 Å². The van der Waals surface area contributed by atoms with E-state index in [-0.39, 0.29) is 5.41 Å². The molecule has 0 atom stereocenters. The number of carbonyl (C=O) groups excluding carboxylic acids is 2. The monoisotopic (exact) mass is 475 g/mol. The first-order valence-corrected chi connectivity index (χ1v) is 10.8. The second-order valence-electron chi connectivity index (χ2n) is 8.49. The van der Waals surface area contributed by atoms with E-state index in [1.165, 1.54) is 22.5 Å². The number of carbonyl (C=O) groups is 2. The number of hydrogen-bond donors (Lipinski definition) is 1. The molecule has 0 saturated heterocycles. The van der Waals surface area contributed by atoms with Crippen LogP contribution in [0.1, 0.15) is 47.1 Å². The minimum atomic E-state index is 0.0885. The van der Waals surface area contributed by atoms with Crippen LogP contribution in [-0.2, 0) is 5.41 Å². The molecular weight excluding hydrogens is 454 g/mol. The summed E-state index contributed by atoms with van der Waals surface area (Å²) in [5.41, 5.74) is 4.26. The van der Waals surface area contributed by atoms with Crippen LogP contribution in [0.15, 0.2) is 61.2 Å². The standard InChI is InChI=1S/C17H18N4O.C7H4ClN3O/c1-17(2,3)13-5-4-6-14(9-13)19-15-7-8-21-16(20-15)12(11-22)10-18-21;8-6-1-2-11-7(10-6)5(4-12)3-9-11/h4-11H,1-3H3,(H,19,20);1-4H. The summed E-state index contributed by atoms with van der Waals surface area (Å²) in [5, 5.41) is 11.6. The number of fused-ring (bicyclic) bond motifs is 2. The fraction of sp³-hybridized carbons (Fsp3) is 0.167. The van der Waals surface area contributed by atoms with Gasteiger partial charge in [-0.05, 0) is 35.2 Å². The first-order valence-electron chi connectivity index (χ1n) is 10.4. The van der Waals surface area contributed by atoms with Crippen molar-refractivity contribution < 1.29 is 9.59 Å². The Kier molecular flexibility index (Phi) is 6.38. The maximum atomic E-state index is 11.0. The van der Waals surface area contributed by atoms with Gasteiger partial charge in [0.1, 0.15) is 11.0 Å². The van der Waals surface area contributed by atoms with Gasteiger partial charge in [-0.3, -0.25) is 9.59 Å². The van der Waals surface area contributed by atoms with Gasteiger partial charge in [0.15, 0.2) is 23.9 Å². The van der Waals surface area contributed by atoms with Crippen LogP contribution in [0.5, 0.6) is 0 Å². The molecular formula is C24H22ClN7O2. The Labute approximate surface area is 200 Å². The lowest BCUT2D eigenvalue weighted by molar-refractivity contribution is 0.111. The van der Waals surface area contributed by atoms with Crippen LogP contribution in [0.25, 0.3) is 11.3 Å². The van der Waals surface area contributed by atoms with Gasteiger partial charge in [0.2, 0.25) is 0 Å². The second-order valence-corrected chi connectivity index (χ2v) is 8.88. The highest BCUT2D eigenvalue weighted by atomic mass is 35.5. The quantitative estimate of drug-likeness (QED) is 0.294. The molecule has 172 valence electrons. The maximum absolute atomic E-state index is 11.0. The molecule has 0 aliphatic rings. The third-order valence-corrected chi connectivity index (χ3v) is 5.22. The van der Waals surface area contributed by atoms with Crippen molar-refractivity contribution in [1.29, 1.82) is 0 Å². The van der Waals surface area contributed by atoms with Gasteiger partial charge in [0.05, 0.1) is 23.5 Å². The van der Waals surface area contributed by atoms with Crippen LogP contribution in [-0.4, -0.2) is 41.8 Å². The molecule has 0 unspecified atom stereocenters. The molecule has 1 N–H and O–H groups in total. The van der Waals surface area contributed by atoms with Crippen molar-refractivity contribution in [3.05, 3.63) is 83.0 Å². The zero-order valence-electron chi connectivity index (χ0n) is 18.8. The molecule has 34 heavy (non-hydrogen) atoms. The van der Waals surface area contributed by atoms with Crippen molar-refractivity contribution in [2.45, 2.75) is 26.2 Å². The number of aromatic nitrogens is 6. The number of benzene rings is 1. The smallest absolute Gasteiger partial charge is 0.167 e. The lowest BCUT2D eigenvalue weighted by atomic mass is 9.87. The third-order valence-electron chi connectivity index (χ3n) is 5.01. The molecule has 10 heteroatoms. The normalized spacial score (nSPS) is 11.2. The Balaban J connectivity index is 0.000000192. The van der Waals surface area contributed by atoms with E-state index in [0.717, 1.165) is 12.0 Å². The zero-order valence-corrected chi connectivity index (χ0v) is 19.6. The fourth-order valence-corrected chi connectivity index (χ4v) is 3.33. The van der Waals surface area contributed by atoms with Gasteiger partial charge >= 0.3 is 0 Å². The first-order chi connectivity index (χ1) is 16.3. The summed E-state index contributed by atoms with van der Waals surface area (Å²) in [6.45, 7) is 6.54. The SMILES string of the molecule is CC(C)(C)c1cccc(Nc2ccn3ncc(C=O)c3n2)c1.O=Cc1cnn2ccc(Cl)nc12.